The molecule has 0 amide bonds. The molecule has 0 bridgehead atoms. The standard InChI is InChI=1S/C17H21NO2/c1-12(18)15-7-4-13(5-8-15)10-14-6-9-16(19-2)17(11-14)20-3/h4-9,11-12H,10,18H2,1-3H3. The Balaban J connectivity index is 2.17. The highest BCUT2D eigenvalue weighted by atomic mass is 16.5. The molecular formula is C17H21NO2. The van der Waals surface area contributed by atoms with E-state index in [4.69, 9.17) is 15.2 Å². The van der Waals surface area contributed by atoms with Crippen molar-refractivity contribution in [3.8, 4) is 11.5 Å². The van der Waals surface area contributed by atoms with Crippen LogP contribution in [0.2, 0.25) is 0 Å². The Morgan fingerprint density at radius 1 is 0.900 bits per heavy atom. The second kappa shape index (κ2) is 6.44. The molecule has 1 atom stereocenters. The second-order valence-corrected chi connectivity index (χ2v) is 4.90. The second-order valence-electron chi connectivity index (χ2n) is 4.90. The van der Waals surface area contributed by atoms with Crippen molar-refractivity contribution in [1.82, 2.24) is 0 Å². The fourth-order valence-electron chi connectivity index (χ4n) is 2.17. The first-order valence-electron chi connectivity index (χ1n) is 6.69. The number of methoxy groups -OCH3 is 2. The summed E-state index contributed by atoms with van der Waals surface area (Å²) < 4.78 is 10.6. The Hall–Kier alpha value is -2.00. The fourth-order valence-corrected chi connectivity index (χ4v) is 2.17. The van der Waals surface area contributed by atoms with Crippen LogP contribution >= 0.6 is 0 Å². The van der Waals surface area contributed by atoms with E-state index >= 15 is 0 Å². The number of rotatable bonds is 5. The molecule has 20 heavy (non-hydrogen) atoms. The first-order valence-corrected chi connectivity index (χ1v) is 6.69. The van der Waals surface area contributed by atoms with E-state index in [9.17, 15) is 0 Å². The minimum atomic E-state index is 0.0742. The van der Waals surface area contributed by atoms with Crippen molar-refractivity contribution in [2.24, 2.45) is 5.73 Å². The Morgan fingerprint density at radius 3 is 2.05 bits per heavy atom. The maximum absolute atomic E-state index is 5.86. The smallest absolute Gasteiger partial charge is 0.160 e. The number of hydrogen-bond donors (Lipinski definition) is 1. The Kier molecular flexibility index (Phi) is 4.64. The van der Waals surface area contributed by atoms with Crippen molar-refractivity contribution in [2.75, 3.05) is 14.2 Å². The van der Waals surface area contributed by atoms with Crippen LogP contribution in [0.25, 0.3) is 0 Å². The van der Waals surface area contributed by atoms with E-state index < -0.39 is 0 Å². The lowest BCUT2D eigenvalue weighted by Crippen LogP contribution is -2.04. The molecular weight excluding hydrogens is 250 g/mol. The Bertz CT molecular complexity index is 562. The summed E-state index contributed by atoms with van der Waals surface area (Å²) in [6.07, 6.45) is 0.861. The quantitative estimate of drug-likeness (QED) is 0.907. The predicted octanol–water partition coefficient (Wildman–Crippen LogP) is 3.31. The zero-order valence-electron chi connectivity index (χ0n) is 12.2. The summed E-state index contributed by atoms with van der Waals surface area (Å²) in [6.45, 7) is 1.99. The summed E-state index contributed by atoms with van der Waals surface area (Å²) in [5.41, 5.74) is 9.45. The topological polar surface area (TPSA) is 44.5 Å². The number of ether oxygens (including phenoxy) is 2. The molecule has 3 heteroatoms. The average Bonchev–Trinajstić information content (AvgIpc) is 2.47. The zero-order chi connectivity index (χ0) is 14.5. The molecule has 2 aromatic carbocycles. The number of nitrogens with two attached hydrogens (primary N) is 1. The minimum absolute atomic E-state index is 0.0742. The molecule has 0 heterocycles. The van der Waals surface area contributed by atoms with Gasteiger partial charge in [0.25, 0.3) is 0 Å². The van der Waals surface area contributed by atoms with Crippen molar-refractivity contribution in [3.05, 3.63) is 59.2 Å². The van der Waals surface area contributed by atoms with Crippen molar-refractivity contribution in [2.45, 2.75) is 19.4 Å². The maximum atomic E-state index is 5.86. The highest BCUT2D eigenvalue weighted by Gasteiger charge is 2.05. The van der Waals surface area contributed by atoms with E-state index in [1.807, 2.05) is 19.1 Å². The summed E-state index contributed by atoms with van der Waals surface area (Å²) in [6, 6.07) is 14.5. The van der Waals surface area contributed by atoms with Crippen LogP contribution in [0, 0.1) is 0 Å². The normalized spacial score (nSPS) is 12.0. The molecule has 0 radical (unpaired) electrons. The summed E-state index contributed by atoms with van der Waals surface area (Å²) in [5, 5.41) is 0. The van der Waals surface area contributed by atoms with E-state index in [1.165, 1.54) is 11.1 Å². The van der Waals surface area contributed by atoms with Crippen LogP contribution in [0.4, 0.5) is 0 Å². The summed E-state index contributed by atoms with van der Waals surface area (Å²) in [4.78, 5) is 0. The largest absolute Gasteiger partial charge is 0.493 e. The van der Waals surface area contributed by atoms with Gasteiger partial charge in [0.1, 0.15) is 0 Å². The molecule has 2 aromatic rings. The van der Waals surface area contributed by atoms with Crippen LogP contribution in [-0.4, -0.2) is 14.2 Å². The van der Waals surface area contributed by atoms with Gasteiger partial charge in [-0.15, -0.1) is 0 Å². The van der Waals surface area contributed by atoms with E-state index in [-0.39, 0.29) is 6.04 Å². The molecule has 0 aromatic heterocycles. The van der Waals surface area contributed by atoms with Crippen molar-refractivity contribution in [1.29, 1.82) is 0 Å². The number of hydrogen-bond acceptors (Lipinski definition) is 3. The molecule has 3 nitrogen and oxygen atoms in total. The lowest BCUT2D eigenvalue weighted by Gasteiger charge is -2.10. The summed E-state index contributed by atoms with van der Waals surface area (Å²) in [5.74, 6) is 1.51. The van der Waals surface area contributed by atoms with Crippen molar-refractivity contribution < 1.29 is 9.47 Å². The van der Waals surface area contributed by atoms with E-state index in [0.29, 0.717) is 0 Å². The molecule has 106 valence electrons. The van der Waals surface area contributed by atoms with Crippen LogP contribution in [0.3, 0.4) is 0 Å². The van der Waals surface area contributed by atoms with Crippen LogP contribution in [0.5, 0.6) is 11.5 Å². The molecule has 0 aliphatic heterocycles. The Labute approximate surface area is 120 Å². The first-order chi connectivity index (χ1) is 9.63. The summed E-state index contributed by atoms with van der Waals surface area (Å²) >= 11 is 0. The predicted molar refractivity (Wildman–Crippen MR) is 81.4 cm³/mol. The zero-order valence-corrected chi connectivity index (χ0v) is 12.2. The monoisotopic (exact) mass is 271 g/mol. The maximum Gasteiger partial charge on any atom is 0.160 e. The third kappa shape index (κ3) is 3.31. The van der Waals surface area contributed by atoms with Gasteiger partial charge in [-0.1, -0.05) is 30.3 Å². The highest BCUT2D eigenvalue weighted by Crippen LogP contribution is 2.28. The van der Waals surface area contributed by atoms with Crippen LogP contribution in [-0.2, 0) is 6.42 Å². The van der Waals surface area contributed by atoms with Crippen LogP contribution in [0.1, 0.15) is 29.7 Å². The molecule has 0 saturated carbocycles. The Morgan fingerprint density at radius 2 is 1.50 bits per heavy atom. The third-order valence-corrected chi connectivity index (χ3v) is 3.36. The molecule has 0 saturated heterocycles. The highest BCUT2D eigenvalue weighted by molar-refractivity contribution is 5.44. The number of benzene rings is 2. The minimum Gasteiger partial charge on any atom is -0.493 e. The van der Waals surface area contributed by atoms with Gasteiger partial charge >= 0.3 is 0 Å². The van der Waals surface area contributed by atoms with Gasteiger partial charge < -0.3 is 15.2 Å². The van der Waals surface area contributed by atoms with Crippen LogP contribution in [0.15, 0.2) is 42.5 Å². The van der Waals surface area contributed by atoms with Gasteiger partial charge in [0.2, 0.25) is 0 Å². The fraction of sp³-hybridized carbons (Fsp3) is 0.294. The molecule has 0 aliphatic carbocycles. The molecule has 0 spiro atoms. The van der Waals surface area contributed by atoms with Gasteiger partial charge in [0.05, 0.1) is 14.2 Å². The van der Waals surface area contributed by atoms with Crippen molar-refractivity contribution >= 4 is 0 Å². The lowest BCUT2D eigenvalue weighted by atomic mass is 10.0. The molecule has 0 fully saturated rings. The van der Waals surface area contributed by atoms with Gasteiger partial charge in [-0.25, -0.2) is 0 Å². The van der Waals surface area contributed by atoms with E-state index in [0.717, 1.165) is 23.5 Å². The van der Waals surface area contributed by atoms with Crippen LogP contribution < -0.4 is 15.2 Å². The van der Waals surface area contributed by atoms with Gasteiger partial charge in [0, 0.05) is 6.04 Å². The SMILES string of the molecule is COc1ccc(Cc2ccc(C(C)N)cc2)cc1OC. The molecule has 1 unspecified atom stereocenters. The lowest BCUT2D eigenvalue weighted by molar-refractivity contribution is 0.354. The third-order valence-electron chi connectivity index (χ3n) is 3.36. The van der Waals surface area contributed by atoms with E-state index in [2.05, 4.69) is 30.3 Å². The first kappa shape index (κ1) is 14.4. The van der Waals surface area contributed by atoms with Gasteiger partial charge in [-0.3, -0.25) is 0 Å². The van der Waals surface area contributed by atoms with Gasteiger partial charge in [-0.2, -0.15) is 0 Å². The average molecular weight is 271 g/mol. The van der Waals surface area contributed by atoms with Gasteiger partial charge in [0.15, 0.2) is 11.5 Å². The van der Waals surface area contributed by atoms with E-state index in [1.54, 1.807) is 14.2 Å². The summed E-state index contributed by atoms with van der Waals surface area (Å²) in [7, 11) is 3.29. The molecule has 2 N–H and O–H groups in total. The van der Waals surface area contributed by atoms with Gasteiger partial charge in [-0.05, 0) is 42.2 Å². The molecule has 0 aliphatic rings. The van der Waals surface area contributed by atoms with Crippen molar-refractivity contribution in [3.63, 3.8) is 0 Å². The molecule has 2 rings (SSSR count).